The van der Waals surface area contributed by atoms with Crippen molar-refractivity contribution in [3.8, 4) is 5.69 Å². The molecule has 0 saturated carbocycles. The molecule has 0 spiro atoms. The molecule has 29 heavy (non-hydrogen) atoms. The summed E-state index contributed by atoms with van der Waals surface area (Å²) in [5.74, 6) is 0.565. The Morgan fingerprint density at radius 2 is 1.69 bits per heavy atom. The normalized spacial score (nSPS) is 14.9. The first-order chi connectivity index (χ1) is 14.0. The molecule has 4 rings (SSSR count). The number of nitrogens with zero attached hydrogens (tertiary/aromatic N) is 3. The van der Waals surface area contributed by atoms with Crippen molar-refractivity contribution < 1.29 is 0 Å². The predicted octanol–water partition coefficient (Wildman–Crippen LogP) is 2.81. The van der Waals surface area contributed by atoms with E-state index >= 15 is 0 Å². The van der Waals surface area contributed by atoms with Crippen molar-refractivity contribution in [2.45, 2.75) is 13.5 Å². The standard InChI is InChI=1S/C22H23ClN4O2/c1-16-7-8-18(23)13-19(16)27-21(28)14-20(24-22(27)29)26-11-9-25(10-12-26)15-17-5-3-2-4-6-17/h2-8,13-14H,9-12,15H2,1H3,(H,24,29). The number of aryl methyl sites for hydroxylation is 1. The van der Waals surface area contributed by atoms with E-state index in [1.807, 2.05) is 25.1 Å². The highest BCUT2D eigenvalue weighted by Crippen LogP contribution is 2.18. The monoisotopic (exact) mass is 410 g/mol. The summed E-state index contributed by atoms with van der Waals surface area (Å²) in [4.78, 5) is 32.7. The van der Waals surface area contributed by atoms with Gasteiger partial charge in [-0.1, -0.05) is 48.0 Å². The number of aromatic nitrogens is 2. The maximum atomic E-state index is 12.7. The third-order valence-electron chi connectivity index (χ3n) is 5.29. The number of rotatable bonds is 4. The van der Waals surface area contributed by atoms with Gasteiger partial charge in [-0.3, -0.25) is 14.7 Å². The van der Waals surface area contributed by atoms with Crippen molar-refractivity contribution >= 4 is 17.4 Å². The Morgan fingerprint density at radius 3 is 2.38 bits per heavy atom. The third kappa shape index (κ3) is 4.28. The van der Waals surface area contributed by atoms with E-state index < -0.39 is 5.69 Å². The maximum Gasteiger partial charge on any atom is 0.334 e. The summed E-state index contributed by atoms with van der Waals surface area (Å²) < 4.78 is 1.14. The number of hydrogen-bond acceptors (Lipinski definition) is 4. The van der Waals surface area contributed by atoms with Crippen LogP contribution in [0, 0.1) is 6.92 Å². The number of H-pyrrole nitrogens is 1. The summed E-state index contributed by atoms with van der Waals surface area (Å²) >= 11 is 6.06. The molecule has 150 valence electrons. The van der Waals surface area contributed by atoms with E-state index in [0.717, 1.165) is 42.9 Å². The van der Waals surface area contributed by atoms with Crippen molar-refractivity contribution in [2.75, 3.05) is 31.1 Å². The second kappa shape index (κ2) is 8.27. The Morgan fingerprint density at radius 1 is 0.966 bits per heavy atom. The van der Waals surface area contributed by atoms with Gasteiger partial charge in [-0.2, -0.15) is 0 Å². The van der Waals surface area contributed by atoms with E-state index in [9.17, 15) is 9.59 Å². The Hall–Kier alpha value is -2.83. The second-order valence-electron chi connectivity index (χ2n) is 7.31. The van der Waals surface area contributed by atoms with E-state index in [1.165, 1.54) is 11.6 Å². The van der Waals surface area contributed by atoms with Crippen LogP contribution in [0.4, 0.5) is 5.82 Å². The van der Waals surface area contributed by atoms with E-state index in [0.29, 0.717) is 16.5 Å². The van der Waals surface area contributed by atoms with Crippen molar-refractivity contribution in [1.82, 2.24) is 14.5 Å². The molecule has 1 saturated heterocycles. The lowest BCUT2D eigenvalue weighted by Gasteiger charge is -2.35. The van der Waals surface area contributed by atoms with Gasteiger partial charge in [0.1, 0.15) is 5.82 Å². The van der Waals surface area contributed by atoms with Crippen LogP contribution < -0.4 is 16.1 Å². The Bertz CT molecular complexity index is 1080. The molecule has 3 aromatic rings. The summed E-state index contributed by atoms with van der Waals surface area (Å²) in [5, 5.41) is 0.482. The molecule has 7 heteroatoms. The average molecular weight is 411 g/mol. The minimum absolute atomic E-state index is 0.360. The Balaban J connectivity index is 1.51. The topological polar surface area (TPSA) is 61.3 Å². The molecule has 1 aliphatic rings. The van der Waals surface area contributed by atoms with Gasteiger partial charge in [0.15, 0.2) is 0 Å². The zero-order chi connectivity index (χ0) is 20.4. The van der Waals surface area contributed by atoms with E-state index in [4.69, 9.17) is 11.6 Å². The van der Waals surface area contributed by atoms with Gasteiger partial charge in [0.05, 0.1) is 5.69 Å². The molecule has 0 unspecified atom stereocenters. The van der Waals surface area contributed by atoms with Crippen LogP contribution in [0.2, 0.25) is 5.02 Å². The number of anilines is 1. The highest BCUT2D eigenvalue weighted by molar-refractivity contribution is 6.30. The fraction of sp³-hybridized carbons (Fsp3) is 0.273. The van der Waals surface area contributed by atoms with Gasteiger partial charge in [-0.05, 0) is 30.2 Å². The zero-order valence-corrected chi connectivity index (χ0v) is 17.0. The molecular weight excluding hydrogens is 388 g/mol. The largest absolute Gasteiger partial charge is 0.355 e. The lowest BCUT2D eigenvalue weighted by atomic mass is 10.2. The molecule has 1 fully saturated rings. The van der Waals surface area contributed by atoms with Crippen LogP contribution in [0.25, 0.3) is 5.69 Å². The summed E-state index contributed by atoms with van der Waals surface area (Å²) in [6.45, 7) is 5.99. The van der Waals surface area contributed by atoms with Gasteiger partial charge in [0, 0.05) is 43.8 Å². The van der Waals surface area contributed by atoms with Gasteiger partial charge in [0.2, 0.25) is 0 Å². The van der Waals surface area contributed by atoms with Crippen molar-refractivity contribution in [1.29, 1.82) is 0 Å². The molecular formula is C22H23ClN4O2. The highest BCUT2D eigenvalue weighted by atomic mass is 35.5. The van der Waals surface area contributed by atoms with Gasteiger partial charge in [-0.15, -0.1) is 0 Å². The minimum atomic E-state index is -0.454. The molecule has 2 heterocycles. The third-order valence-corrected chi connectivity index (χ3v) is 5.53. The first kappa shape index (κ1) is 19.5. The SMILES string of the molecule is Cc1ccc(Cl)cc1-n1c(=O)cc(N2CCN(Cc3ccccc3)CC2)[nH]c1=O. The van der Waals surface area contributed by atoms with Crippen LogP contribution in [0.15, 0.2) is 64.2 Å². The summed E-state index contributed by atoms with van der Waals surface area (Å²) in [7, 11) is 0. The highest BCUT2D eigenvalue weighted by Gasteiger charge is 2.19. The Kier molecular flexibility index (Phi) is 5.56. The van der Waals surface area contributed by atoms with Gasteiger partial charge >= 0.3 is 5.69 Å². The second-order valence-corrected chi connectivity index (χ2v) is 7.75. The Labute approximate surface area is 174 Å². The lowest BCUT2D eigenvalue weighted by molar-refractivity contribution is 0.249. The van der Waals surface area contributed by atoms with Crippen LogP contribution >= 0.6 is 11.6 Å². The predicted molar refractivity (Wildman–Crippen MR) is 116 cm³/mol. The van der Waals surface area contributed by atoms with Gasteiger partial charge in [-0.25, -0.2) is 9.36 Å². The van der Waals surface area contributed by atoms with Crippen LogP contribution in [0.1, 0.15) is 11.1 Å². The van der Waals surface area contributed by atoms with Crippen molar-refractivity contribution in [2.24, 2.45) is 0 Å². The smallest absolute Gasteiger partial charge is 0.334 e. The summed E-state index contributed by atoms with van der Waals surface area (Å²) in [6.07, 6.45) is 0. The van der Waals surface area contributed by atoms with Crippen molar-refractivity contribution in [3.63, 3.8) is 0 Å². The maximum absolute atomic E-state index is 12.7. The number of benzene rings is 2. The van der Waals surface area contributed by atoms with Crippen molar-refractivity contribution in [3.05, 3.63) is 91.6 Å². The zero-order valence-electron chi connectivity index (χ0n) is 16.3. The first-order valence-corrected chi connectivity index (χ1v) is 10.0. The summed E-state index contributed by atoms with van der Waals surface area (Å²) in [6, 6.07) is 17.0. The average Bonchev–Trinajstić information content (AvgIpc) is 2.71. The molecule has 0 bridgehead atoms. The molecule has 0 amide bonds. The van der Waals surface area contributed by atoms with Crippen LogP contribution in [-0.4, -0.2) is 40.6 Å². The van der Waals surface area contributed by atoms with Crippen LogP contribution in [-0.2, 0) is 6.54 Å². The number of piperazine rings is 1. The van der Waals surface area contributed by atoms with E-state index in [2.05, 4.69) is 26.9 Å². The molecule has 1 aromatic heterocycles. The minimum Gasteiger partial charge on any atom is -0.355 e. The van der Waals surface area contributed by atoms with Crippen LogP contribution in [0.3, 0.4) is 0 Å². The van der Waals surface area contributed by atoms with E-state index in [1.54, 1.807) is 18.2 Å². The van der Waals surface area contributed by atoms with Crippen LogP contribution in [0.5, 0.6) is 0 Å². The number of hydrogen-bond donors (Lipinski definition) is 1. The summed E-state index contributed by atoms with van der Waals surface area (Å²) in [5.41, 5.74) is 1.78. The first-order valence-electron chi connectivity index (χ1n) is 9.65. The number of nitrogens with one attached hydrogen (secondary N) is 1. The van der Waals surface area contributed by atoms with Gasteiger partial charge in [0.25, 0.3) is 5.56 Å². The number of halogens is 1. The molecule has 6 nitrogen and oxygen atoms in total. The molecule has 0 atom stereocenters. The fourth-order valence-electron chi connectivity index (χ4n) is 3.69. The lowest BCUT2D eigenvalue weighted by Crippen LogP contribution is -2.47. The molecule has 1 aliphatic heterocycles. The molecule has 1 N–H and O–H groups in total. The quantitative estimate of drug-likeness (QED) is 0.718. The fourth-order valence-corrected chi connectivity index (χ4v) is 3.86. The van der Waals surface area contributed by atoms with Gasteiger partial charge < -0.3 is 4.90 Å². The van der Waals surface area contributed by atoms with E-state index in [-0.39, 0.29) is 5.56 Å². The molecule has 0 aliphatic carbocycles. The molecule has 0 radical (unpaired) electrons. The number of aromatic amines is 1. The molecule has 2 aromatic carbocycles.